The van der Waals surface area contributed by atoms with Gasteiger partial charge in [0.25, 0.3) is 0 Å². The molecule has 0 radical (unpaired) electrons. The molecule has 0 fully saturated rings. The van der Waals surface area contributed by atoms with Crippen LogP contribution in [-0.2, 0) is 0 Å². The second-order valence-corrected chi connectivity index (χ2v) is 13.2. The number of aromatic nitrogens is 3. The van der Waals surface area contributed by atoms with E-state index in [1.807, 2.05) is 24.3 Å². The number of nitrogens with zero attached hydrogens (tertiary/aromatic N) is 3. The maximum absolute atomic E-state index is 6.50. The van der Waals surface area contributed by atoms with E-state index in [2.05, 4.69) is 164 Å². The van der Waals surface area contributed by atoms with E-state index in [1.54, 1.807) is 0 Å². The summed E-state index contributed by atoms with van der Waals surface area (Å²) in [7, 11) is 0. The Morgan fingerprint density at radius 1 is 0.302 bits per heavy atom. The summed E-state index contributed by atoms with van der Waals surface area (Å²) < 4.78 is 6.50. The van der Waals surface area contributed by atoms with Crippen molar-refractivity contribution >= 4 is 32.7 Å². The van der Waals surface area contributed by atoms with E-state index in [9.17, 15) is 0 Å². The molecule has 4 nitrogen and oxygen atoms in total. The van der Waals surface area contributed by atoms with Crippen LogP contribution in [0.4, 0.5) is 0 Å². The van der Waals surface area contributed by atoms with E-state index in [-0.39, 0.29) is 0 Å². The van der Waals surface area contributed by atoms with Crippen molar-refractivity contribution in [3.63, 3.8) is 0 Å². The molecule has 2 aromatic heterocycles. The van der Waals surface area contributed by atoms with Crippen LogP contribution in [0.2, 0.25) is 0 Å². The van der Waals surface area contributed by atoms with Gasteiger partial charge in [0.05, 0.1) is 0 Å². The third-order valence-corrected chi connectivity index (χ3v) is 9.93. The van der Waals surface area contributed by atoms with Crippen LogP contribution in [0.15, 0.2) is 192 Å². The standard InChI is InChI=1S/C49H31N3O/c1-4-14-33(15-5-1)40-27-25-38(30-43(40)35-18-8-3-9-19-35)48-50-47(37-24-23-32-13-10-11-20-36(32)29-37)51-49(52-48)39-26-28-42-45(31-39)53-44-22-12-21-41(46(42)44)34-16-6-2-7-17-34/h1-31H. The third kappa shape index (κ3) is 5.63. The number of hydrogen-bond acceptors (Lipinski definition) is 4. The zero-order chi connectivity index (χ0) is 35.1. The van der Waals surface area contributed by atoms with E-state index in [0.717, 1.165) is 77.4 Å². The Labute approximate surface area is 306 Å². The minimum absolute atomic E-state index is 0.581. The van der Waals surface area contributed by atoms with Gasteiger partial charge in [-0.15, -0.1) is 0 Å². The van der Waals surface area contributed by atoms with Crippen LogP contribution in [-0.4, -0.2) is 15.0 Å². The highest BCUT2D eigenvalue weighted by Gasteiger charge is 2.18. The fourth-order valence-electron chi connectivity index (χ4n) is 7.32. The molecule has 53 heavy (non-hydrogen) atoms. The van der Waals surface area contributed by atoms with E-state index in [1.165, 1.54) is 5.39 Å². The first-order chi connectivity index (χ1) is 26.2. The molecule has 0 saturated heterocycles. The Bertz CT molecular complexity index is 2940. The second kappa shape index (κ2) is 12.9. The summed E-state index contributed by atoms with van der Waals surface area (Å²) in [4.78, 5) is 15.4. The van der Waals surface area contributed by atoms with Crippen molar-refractivity contribution in [1.29, 1.82) is 0 Å². The maximum Gasteiger partial charge on any atom is 0.164 e. The number of hydrogen-bond donors (Lipinski definition) is 0. The largest absolute Gasteiger partial charge is 0.456 e. The molecular formula is C49H31N3O. The average Bonchev–Trinajstić information content (AvgIpc) is 3.62. The maximum atomic E-state index is 6.50. The lowest BCUT2D eigenvalue weighted by Gasteiger charge is -2.14. The molecule has 0 atom stereocenters. The topological polar surface area (TPSA) is 51.8 Å². The van der Waals surface area contributed by atoms with Gasteiger partial charge in [0, 0.05) is 27.5 Å². The van der Waals surface area contributed by atoms with E-state index < -0.39 is 0 Å². The molecule has 0 spiro atoms. The number of rotatable bonds is 6. The zero-order valence-electron chi connectivity index (χ0n) is 28.6. The quantitative estimate of drug-likeness (QED) is 0.176. The van der Waals surface area contributed by atoms with Crippen LogP contribution >= 0.6 is 0 Å². The Balaban J connectivity index is 1.16. The van der Waals surface area contributed by atoms with Gasteiger partial charge in [-0.25, -0.2) is 15.0 Å². The predicted octanol–water partition coefficient (Wildman–Crippen LogP) is 12.9. The lowest BCUT2D eigenvalue weighted by Crippen LogP contribution is -2.00. The first kappa shape index (κ1) is 30.6. The van der Waals surface area contributed by atoms with Crippen molar-refractivity contribution in [1.82, 2.24) is 15.0 Å². The van der Waals surface area contributed by atoms with Gasteiger partial charge in [0.15, 0.2) is 17.5 Å². The molecule has 0 amide bonds. The van der Waals surface area contributed by atoms with Crippen LogP contribution in [0.1, 0.15) is 0 Å². The third-order valence-electron chi connectivity index (χ3n) is 9.93. The number of benzene rings is 8. The molecule has 10 aromatic rings. The van der Waals surface area contributed by atoms with Gasteiger partial charge in [0.2, 0.25) is 0 Å². The van der Waals surface area contributed by atoms with Gasteiger partial charge in [-0.05, 0) is 74.5 Å². The molecule has 248 valence electrons. The van der Waals surface area contributed by atoms with Crippen LogP contribution in [0.3, 0.4) is 0 Å². The Hall–Kier alpha value is -7.17. The molecule has 4 heteroatoms. The first-order valence-corrected chi connectivity index (χ1v) is 17.8. The highest BCUT2D eigenvalue weighted by Crippen LogP contribution is 2.39. The van der Waals surface area contributed by atoms with Crippen molar-refractivity contribution in [3.05, 3.63) is 188 Å². The van der Waals surface area contributed by atoms with Gasteiger partial charge in [-0.1, -0.05) is 158 Å². The molecule has 0 saturated carbocycles. The Morgan fingerprint density at radius 2 is 0.830 bits per heavy atom. The Kier molecular flexibility index (Phi) is 7.43. The highest BCUT2D eigenvalue weighted by molar-refractivity contribution is 6.13. The first-order valence-electron chi connectivity index (χ1n) is 17.8. The van der Waals surface area contributed by atoms with Crippen LogP contribution in [0.5, 0.6) is 0 Å². The van der Waals surface area contributed by atoms with Crippen molar-refractivity contribution in [3.8, 4) is 67.5 Å². The summed E-state index contributed by atoms with van der Waals surface area (Å²) in [6.45, 7) is 0. The molecular weight excluding hydrogens is 647 g/mol. The molecule has 0 unspecified atom stereocenters. The van der Waals surface area contributed by atoms with Crippen molar-refractivity contribution in [2.75, 3.05) is 0 Å². The van der Waals surface area contributed by atoms with Crippen molar-refractivity contribution in [2.45, 2.75) is 0 Å². The van der Waals surface area contributed by atoms with E-state index in [0.29, 0.717) is 17.5 Å². The molecule has 10 rings (SSSR count). The minimum Gasteiger partial charge on any atom is -0.456 e. The van der Waals surface area contributed by atoms with Gasteiger partial charge in [-0.3, -0.25) is 0 Å². The summed E-state index contributed by atoms with van der Waals surface area (Å²) in [5.41, 5.74) is 11.2. The van der Waals surface area contributed by atoms with Gasteiger partial charge >= 0.3 is 0 Å². The monoisotopic (exact) mass is 677 g/mol. The van der Waals surface area contributed by atoms with Gasteiger partial charge < -0.3 is 4.42 Å². The molecule has 0 aliphatic rings. The fourth-order valence-corrected chi connectivity index (χ4v) is 7.32. The highest BCUT2D eigenvalue weighted by atomic mass is 16.3. The normalized spacial score (nSPS) is 11.4. The fraction of sp³-hybridized carbons (Fsp3) is 0. The molecule has 0 aliphatic heterocycles. The molecule has 0 aliphatic carbocycles. The van der Waals surface area contributed by atoms with Crippen LogP contribution in [0.25, 0.3) is 100 Å². The summed E-state index contributed by atoms with van der Waals surface area (Å²) in [6, 6.07) is 65.2. The SMILES string of the molecule is c1ccc(-c2ccc(-c3nc(-c4ccc5ccccc5c4)nc(-c4ccc5c(c4)oc4cccc(-c6ccccc6)c45)n3)cc2-c2ccccc2)cc1. The molecule has 2 heterocycles. The molecule has 0 bridgehead atoms. The number of furan rings is 1. The summed E-state index contributed by atoms with van der Waals surface area (Å²) >= 11 is 0. The predicted molar refractivity (Wildman–Crippen MR) is 217 cm³/mol. The van der Waals surface area contributed by atoms with Crippen LogP contribution in [0, 0.1) is 0 Å². The Morgan fingerprint density at radius 3 is 1.51 bits per heavy atom. The van der Waals surface area contributed by atoms with E-state index in [4.69, 9.17) is 19.4 Å². The summed E-state index contributed by atoms with van der Waals surface area (Å²) in [5.74, 6) is 1.79. The summed E-state index contributed by atoms with van der Waals surface area (Å²) in [5, 5.41) is 4.45. The number of fused-ring (bicyclic) bond motifs is 4. The summed E-state index contributed by atoms with van der Waals surface area (Å²) in [6.07, 6.45) is 0. The lowest BCUT2D eigenvalue weighted by molar-refractivity contribution is 0.669. The zero-order valence-corrected chi connectivity index (χ0v) is 28.6. The van der Waals surface area contributed by atoms with Gasteiger partial charge in [-0.2, -0.15) is 0 Å². The van der Waals surface area contributed by atoms with E-state index >= 15 is 0 Å². The van der Waals surface area contributed by atoms with Crippen molar-refractivity contribution in [2.24, 2.45) is 0 Å². The average molecular weight is 678 g/mol. The molecule has 0 N–H and O–H groups in total. The van der Waals surface area contributed by atoms with Crippen molar-refractivity contribution < 1.29 is 4.42 Å². The molecule has 8 aromatic carbocycles. The smallest absolute Gasteiger partial charge is 0.164 e. The van der Waals surface area contributed by atoms with Gasteiger partial charge in [0.1, 0.15) is 11.2 Å². The minimum atomic E-state index is 0.581. The van der Waals surface area contributed by atoms with Crippen LogP contribution < -0.4 is 0 Å². The second-order valence-electron chi connectivity index (χ2n) is 13.2. The lowest BCUT2D eigenvalue weighted by atomic mass is 9.92.